The first kappa shape index (κ1) is 11.3. The van der Waals surface area contributed by atoms with Crippen molar-refractivity contribution in [3.8, 4) is 0 Å². The van der Waals surface area contributed by atoms with Gasteiger partial charge in [-0.1, -0.05) is 24.3 Å². The lowest BCUT2D eigenvalue weighted by atomic mass is 9.79. The molecule has 1 atom stereocenters. The summed E-state index contributed by atoms with van der Waals surface area (Å²) in [6.45, 7) is 1.85. The van der Waals surface area contributed by atoms with Gasteiger partial charge in [0.05, 0.1) is 11.8 Å². The van der Waals surface area contributed by atoms with Gasteiger partial charge in [-0.15, -0.1) is 0 Å². The van der Waals surface area contributed by atoms with Gasteiger partial charge in [-0.3, -0.25) is 4.79 Å². The van der Waals surface area contributed by atoms with Gasteiger partial charge in [0.15, 0.2) is 5.78 Å². The van der Waals surface area contributed by atoms with Crippen molar-refractivity contribution in [1.29, 1.82) is 0 Å². The second-order valence-electron chi connectivity index (χ2n) is 4.90. The van der Waals surface area contributed by atoms with Crippen molar-refractivity contribution < 1.29 is 9.21 Å². The van der Waals surface area contributed by atoms with Crippen LogP contribution in [-0.4, -0.2) is 5.78 Å². The minimum atomic E-state index is 0.00579. The Balaban J connectivity index is 2.00. The van der Waals surface area contributed by atoms with E-state index in [0.717, 1.165) is 30.6 Å². The monoisotopic (exact) mass is 240 g/mol. The van der Waals surface area contributed by atoms with E-state index in [1.165, 1.54) is 11.1 Å². The summed E-state index contributed by atoms with van der Waals surface area (Å²) in [5.41, 5.74) is 3.26. The van der Waals surface area contributed by atoms with Crippen molar-refractivity contribution in [2.24, 2.45) is 0 Å². The summed E-state index contributed by atoms with van der Waals surface area (Å²) in [6.07, 6.45) is 4.71. The molecule has 0 saturated heterocycles. The maximum atomic E-state index is 12.6. The average Bonchev–Trinajstić information content (AvgIpc) is 2.83. The smallest absolute Gasteiger partial charge is 0.173 e. The normalized spacial score (nSPS) is 18.4. The van der Waals surface area contributed by atoms with Crippen LogP contribution in [0.3, 0.4) is 0 Å². The molecule has 0 aliphatic heterocycles. The summed E-state index contributed by atoms with van der Waals surface area (Å²) < 4.78 is 5.24. The van der Waals surface area contributed by atoms with E-state index in [4.69, 9.17) is 4.42 Å². The van der Waals surface area contributed by atoms with Gasteiger partial charge in [-0.2, -0.15) is 0 Å². The van der Waals surface area contributed by atoms with Gasteiger partial charge in [0.2, 0.25) is 0 Å². The molecule has 2 nitrogen and oxygen atoms in total. The Kier molecular flexibility index (Phi) is 2.78. The number of carbonyl (C=O) groups is 1. The highest BCUT2D eigenvalue weighted by Crippen LogP contribution is 2.34. The summed E-state index contributed by atoms with van der Waals surface area (Å²) in [6, 6.07) is 10.1. The zero-order valence-electron chi connectivity index (χ0n) is 10.5. The standard InChI is InChI=1S/C16H16O2/c1-11-13(9-10-18-11)16(17)15-8-4-6-12-5-2-3-7-14(12)15/h2-3,5,7,9-10,15H,4,6,8H2,1H3. The number of hydrogen-bond acceptors (Lipinski definition) is 2. The number of fused-ring (bicyclic) bond motifs is 1. The number of hydrogen-bond donors (Lipinski definition) is 0. The molecular formula is C16H16O2. The Hall–Kier alpha value is -1.83. The molecule has 18 heavy (non-hydrogen) atoms. The number of benzene rings is 1. The van der Waals surface area contributed by atoms with E-state index in [-0.39, 0.29) is 11.7 Å². The largest absolute Gasteiger partial charge is 0.469 e. The first-order valence-corrected chi connectivity index (χ1v) is 6.43. The lowest BCUT2D eigenvalue weighted by Gasteiger charge is -2.24. The molecule has 0 radical (unpaired) electrons. The molecule has 0 fully saturated rings. The number of rotatable bonds is 2. The highest BCUT2D eigenvalue weighted by Gasteiger charge is 2.28. The molecular weight excluding hydrogens is 224 g/mol. The SMILES string of the molecule is Cc1occc1C(=O)C1CCCc2ccccc21. The second-order valence-corrected chi connectivity index (χ2v) is 4.90. The molecule has 1 aromatic heterocycles. The first-order valence-electron chi connectivity index (χ1n) is 6.43. The Morgan fingerprint density at radius 1 is 1.28 bits per heavy atom. The van der Waals surface area contributed by atoms with E-state index >= 15 is 0 Å². The van der Waals surface area contributed by atoms with Crippen LogP contribution in [0.4, 0.5) is 0 Å². The van der Waals surface area contributed by atoms with Gasteiger partial charge in [-0.25, -0.2) is 0 Å². The lowest BCUT2D eigenvalue weighted by molar-refractivity contribution is 0.0949. The fourth-order valence-corrected chi connectivity index (χ4v) is 2.85. The van der Waals surface area contributed by atoms with E-state index < -0.39 is 0 Å². The van der Waals surface area contributed by atoms with Crippen LogP contribution in [-0.2, 0) is 6.42 Å². The molecule has 92 valence electrons. The quantitative estimate of drug-likeness (QED) is 0.745. The highest BCUT2D eigenvalue weighted by molar-refractivity contribution is 6.02. The third-order valence-electron chi connectivity index (χ3n) is 3.81. The molecule has 0 saturated carbocycles. The fourth-order valence-electron chi connectivity index (χ4n) is 2.85. The van der Waals surface area contributed by atoms with Crippen molar-refractivity contribution >= 4 is 5.78 Å². The number of aryl methyl sites for hydroxylation is 2. The van der Waals surface area contributed by atoms with Gasteiger partial charge in [-0.05, 0) is 43.4 Å². The van der Waals surface area contributed by atoms with Crippen LogP contribution in [0.15, 0.2) is 41.0 Å². The molecule has 1 unspecified atom stereocenters. The van der Waals surface area contributed by atoms with Crippen molar-refractivity contribution in [3.63, 3.8) is 0 Å². The summed E-state index contributed by atoms with van der Waals surface area (Å²) in [5, 5.41) is 0. The number of Topliss-reactive ketones (excluding diaryl/α,β-unsaturated/α-hetero) is 1. The lowest BCUT2D eigenvalue weighted by Crippen LogP contribution is -2.18. The maximum Gasteiger partial charge on any atom is 0.173 e. The van der Waals surface area contributed by atoms with Crippen molar-refractivity contribution in [1.82, 2.24) is 0 Å². The molecule has 0 amide bonds. The van der Waals surface area contributed by atoms with Crippen LogP contribution < -0.4 is 0 Å². The number of furan rings is 1. The third-order valence-corrected chi connectivity index (χ3v) is 3.81. The Morgan fingerprint density at radius 3 is 2.89 bits per heavy atom. The van der Waals surface area contributed by atoms with E-state index in [2.05, 4.69) is 18.2 Å². The fraction of sp³-hybridized carbons (Fsp3) is 0.312. The molecule has 2 aromatic rings. The predicted molar refractivity (Wildman–Crippen MR) is 69.9 cm³/mol. The van der Waals surface area contributed by atoms with Crippen LogP contribution in [0.25, 0.3) is 0 Å². The zero-order chi connectivity index (χ0) is 12.5. The van der Waals surface area contributed by atoms with Crippen molar-refractivity contribution in [3.05, 3.63) is 59.0 Å². The first-order chi connectivity index (χ1) is 8.77. The molecule has 2 heteroatoms. The molecule has 3 rings (SSSR count). The van der Waals surface area contributed by atoms with E-state index in [9.17, 15) is 4.79 Å². The van der Waals surface area contributed by atoms with Crippen LogP contribution in [0, 0.1) is 6.92 Å². The summed E-state index contributed by atoms with van der Waals surface area (Å²) in [4.78, 5) is 12.6. The van der Waals surface area contributed by atoms with Crippen molar-refractivity contribution in [2.75, 3.05) is 0 Å². The molecule has 0 spiro atoms. The molecule has 1 aliphatic carbocycles. The Labute approximate surface area is 107 Å². The van der Waals surface area contributed by atoms with Crippen LogP contribution in [0.2, 0.25) is 0 Å². The molecule has 0 N–H and O–H groups in total. The summed E-state index contributed by atoms with van der Waals surface area (Å²) in [5.74, 6) is 0.933. The van der Waals surface area contributed by atoms with Crippen LogP contribution >= 0.6 is 0 Å². The van der Waals surface area contributed by atoms with Crippen molar-refractivity contribution in [2.45, 2.75) is 32.1 Å². The molecule has 0 bridgehead atoms. The van der Waals surface area contributed by atoms with Crippen LogP contribution in [0.5, 0.6) is 0 Å². The highest BCUT2D eigenvalue weighted by atomic mass is 16.3. The number of carbonyl (C=O) groups excluding carboxylic acids is 1. The summed E-state index contributed by atoms with van der Waals surface area (Å²) >= 11 is 0. The maximum absolute atomic E-state index is 12.6. The second kappa shape index (κ2) is 4.45. The molecule has 1 heterocycles. The third kappa shape index (κ3) is 1.78. The van der Waals surface area contributed by atoms with Gasteiger partial charge in [0.25, 0.3) is 0 Å². The number of ketones is 1. The predicted octanol–water partition coefficient (Wildman–Crippen LogP) is 3.89. The van der Waals surface area contributed by atoms with Gasteiger partial charge in [0.1, 0.15) is 5.76 Å². The Bertz CT molecular complexity index is 580. The minimum absolute atomic E-state index is 0.00579. The van der Waals surface area contributed by atoms with E-state index in [1.54, 1.807) is 12.3 Å². The topological polar surface area (TPSA) is 30.2 Å². The van der Waals surface area contributed by atoms with E-state index in [0.29, 0.717) is 0 Å². The molecule has 1 aliphatic rings. The minimum Gasteiger partial charge on any atom is -0.469 e. The van der Waals surface area contributed by atoms with Crippen LogP contribution in [0.1, 0.15) is 46.0 Å². The average molecular weight is 240 g/mol. The van der Waals surface area contributed by atoms with Gasteiger partial charge < -0.3 is 4.42 Å². The Morgan fingerprint density at radius 2 is 2.11 bits per heavy atom. The van der Waals surface area contributed by atoms with E-state index in [1.807, 2.05) is 13.0 Å². The van der Waals surface area contributed by atoms with Gasteiger partial charge >= 0.3 is 0 Å². The van der Waals surface area contributed by atoms with Gasteiger partial charge in [0, 0.05) is 5.92 Å². The zero-order valence-corrected chi connectivity index (χ0v) is 10.5. The summed E-state index contributed by atoms with van der Waals surface area (Å²) in [7, 11) is 0. The molecule has 1 aromatic carbocycles.